The maximum Gasteiger partial charge on any atom is 0.0746 e. The molecule has 0 heterocycles. The van der Waals surface area contributed by atoms with E-state index in [4.69, 9.17) is 4.18 Å². The molecule has 44 heteroatoms. The van der Waals surface area contributed by atoms with Gasteiger partial charge in [-0.1, -0.05) is 11.7 Å². The van der Waals surface area contributed by atoms with E-state index >= 15 is 0 Å². The summed E-state index contributed by atoms with van der Waals surface area (Å²) in [5, 5.41) is 0. The zero-order valence-corrected chi connectivity index (χ0v) is 54.2. The Bertz CT molecular complexity index is 438. The van der Waals surface area contributed by atoms with Crippen LogP contribution in [0.15, 0.2) is 0 Å². The third-order valence-electron chi connectivity index (χ3n) is 1.21. The maximum absolute atomic E-state index is 4.91. The number of thiol groups is 1. The average molecular weight is 1410 g/mol. The van der Waals surface area contributed by atoms with Crippen LogP contribution >= 0.6 is 426 Å². The average Bonchev–Trinajstić information content (AvgIpc) is 3.05. The zero-order valence-electron chi connectivity index (χ0n) is 19.0. The summed E-state index contributed by atoms with van der Waals surface area (Å²) in [5.41, 5.74) is 0. The van der Waals surface area contributed by atoms with Crippen LogP contribution in [0.4, 0.5) is 0 Å². The zero-order chi connectivity index (χ0) is 32.4. The molecule has 0 saturated heterocycles. The van der Waals surface area contributed by atoms with Crippen molar-refractivity contribution in [1.29, 1.82) is 0 Å². The van der Waals surface area contributed by atoms with Gasteiger partial charge in [0.1, 0.15) is 0 Å². The van der Waals surface area contributed by atoms with Crippen LogP contribution in [0.25, 0.3) is 0 Å². The third kappa shape index (κ3) is 59.0. The molecule has 0 radical (unpaired) electrons. The molecular formula is CH4OS43. The van der Waals surface area contributed by atoms with E-state index in [1.807, 2.05) is 285 Å². The Morgan fingerprint density at radius 3 is 0.489 bits per heavy atom. The summed E-state index contributed by atoms with van der Waals surface area (Å²) in [7, 11) is 75.3. The van der Waals surface area contributed by atoms with E-state index in [9.17, 15) is 0 Å². The third-order valence-corrected chi connectivity index (χ3v) is 91.6. The molecule has 0 aliphatic carbocycles. The molecular weight excluding hydrogens is 1410 g/mol. The standard InChI is InChI=1S/CH4OS43/c1-2-4-6-8-10-12-14-16-18-20-22-24-26-28-30-32-34-36-38-40-42-44-45-43-41-39-37-35-33-31-29-27-25-23-21-19-17-15-13-11-9-7-5-3/h3H,1H3. The Morgan fingerprint density at radius 2 is 0.356 bits per heavy atom. The van der Waals surface area contributed by atoms with E-state index in [1.54, 1.807) is 115 Å². The van der Waals surface area contributed by atoms with Crippen molar-refractivity contribution in [2.75, 3.05) is 7.11 Å². The fourth-order valence-corrected chi connectivity index (χ4v) is 109. The molecule has 0 amide bonds. The molecule has 0 aliphatic rings. The van der Waals surface area contributed by atoms with Crippen LogP contribution < -0.4 is 0 Å². The molecule has 0 aromatic heterocycles. The lowest BCUT2D eigenvalue weighted by Gasteiger charge is -1.99. The Morgan fingerprint density at radius 1 is 0.222 bits per heavy atom. The predicted octanol–water partition coefficient (Wildman–Crippen LogP) is 27.7. The summed E-state index contributed by atoms with van der Waals surface area (Å²) in [6.45, 7) is 0. The second-order valence-corrected chi connectivity index (χ2v) is 76.6. The van der Waals surface area contributed by atoms with Crippen molar-refractivity contribution in [3.63, 3.8) is 0 Å². The van der Waals surface area contributed by atoms with Gasteiger partial charge in [-0.05, 0) is 78.6 Å². The molecule has 0 N–H and O–H groups in total. The van der Waals surface area contributed by atoms with Gasteiger partial charge < -0.3 is 4.18 Å². The lowest BCUT2D eigenvalue weighted by Crippen LogP contribution is -1.51. The highest BCUT2D eigenvalue weighted by Crippen LogP contribution is 2.68. The number of hydrogen-bond acceptors (Lipinski definition) is 44. The van der Waals surface area contributed by atoms with Gasteiger partial charge in [0, 0.05) is 324 Å². The Labute approximate surface area is 425 Å². The summed E-state index contributed by atoms with van der Waals surface area (Å²) in [6.07, 6.45) is 0. The minimum absolute atomic E-state index is 1.40. The minimum Gasteiger partial charge on any atom is -0.308 e. The molecule has 0 saturated carbocycles. The van der Waals surface area contributed by atoms with Crippen LogP contribution in [0.2, 0.25) is 0 Å². The van der Waals surface area contributed by atoms with Crippen molar-refractivity contribution in [2.45, 2.75) is 0 Å². The summed E-state index contributed by atoms with van der Waals surface area (Å²) in [5.74, 6) is 0. The van der Waals surface area contributed by atoms with Gasteiger partial charge in [0.2, 0.25) is 0 Å². The predicted molar refractivity (Wildman–Crippen MR) is 335 cm³/mol. The van der Waals surface area contributed by atoms with Crippen LogP contribution in [-0.4, -0.2) is 7.11 Å². The van der Waals surface area contributed by atoms with Gasteiger partial charge in [0.15, 0.2) is 0 Å². The van der Waals surface area contributed by atoms with E-state index in [0.29, 0.717) is 0 Å². The lowest BCUT2D eigenvalue weighted by molar-refractivity contribution is 0.498. The molecule has 0 aromatic carbocycles. The van der Waals surface area contributed by atoms with Crippen molar-refractivity contribution < 1.29 is 4.18 Å². The van der Waals surface area contributed by atoms with Crippen LogP contribution in [0.1, 0.15) is 0 Å². The molecule has 0 atom stereocenters. The topological polar surface area (TPSA) is 9.23 Å². The summed E-state index contributed by atoms with van der Waals surface area (Å²) in [6, 6.07) is 0. The molecule has 0 aromatic rings. The molecule has 0 bridgehead atoms. The van der Waals surface area contributed by atoms with Gasteiger partial charge in [0.05, 0.1) is 18.2 Å². The fourth-order valence-electron chi connectivity index (χ4n) is 0.482. The second kappa shape index (κ2) is 59.0. The molecule has 0 aliphatic heterocycles. The van der Waals surface area contributed by atoms with Crippen molar-refractivity contribution in [2.24, 2.45) is 0 Å². The van der Waals surface area contributed by atoms with Crippen LogP contribution in [0.5, 0.6) is 0 Å². The lowest BCUT2D eigenvalue weighted by atomic mass is 11.8. The van der Waals surface area contributed by atoms with Gasteiger partial charge in [-0.15, -0.1) is 0 Å². The molecule has 0 rings (SSSR count). The monoisotopic (exact) mass is 1410 g/mol. The molecule has 0 unspecified atom stereocenters. The van der Waals surface area contributed by atoms with Crippen molar-refractivity contribution in [1.82, 2.24) is 0 Å². The first-order valence-corrected chi connectivity index (χ1v) is 64.1. The number of rotatable bonds is 42. The van der Waals surface area contributed by atoms with Gasteiger partial charge in [0.25, 0.3) is 0 Å². The smallest absolute Gasteiger partial charge is 0.0746 e. The Kier molecular flexibility index (Phi) is 78.7. The summed E-state index contributed by atoms with van der Waals surface area (Å²) < 4.78 is 4.91. The Hall–Kier alpha value is 15.0. The highest BCUT2D eigenvalue weighted by atomic mass is 34.1. The largest absolute Gasteiger partial charge is 0.308 e. The molecule has 1 nitrogen and oxygen atoms in total. The van der Waals surface area contributed by atoms with Crippen LogP contribution in [-0.2, 0) is 4.18 Å². The van der Waals surface area contributed by atoms with Crippen molar-refractivity contribution >= 4 is 426 Å². The maximum atomic E-state index is 4.91. The first kappa shape index (κ1) is 60.0. The normalized spacial score (nSPS) is 11.6. The SMILES string of the molecule is COSSSSSSSSSSSSSSSSSSSSSSSSSSSSSSSSSSSSSSSSSSS. The molecule has 0 fully saturated rings. The summed E-state index contributed by atoms with van der Waals surface area (Å²) in [4.78, 5) is 0. The minimum atomic E-state index is 1.40. The van der Waals surface area contributed by atoms with Crippen LogP contribution in [0, 0.1) is 0 Å². The molecule has 272 valence electrons. The van der Waals surface area contributed by atoms with E-state index in [2.05, 4.69) is 11.7 Å². The van der Waals surface area contributed by atoms with Crippen LogP contribution in [0.3, 0.4) is 0 Å². The first-order chi connectivity index (χ1) is 22.4. The Balaban J connectivity index is 3.03. The van der Waals surface area contributed by atoms with E-state index < -0.39 is 0 Å². The highest BCUT2D eigenvalue weighted by molar-refractivity contribution is 9.62. The second-order valence-electron chi connectivity index (χ2n) is 3.03. The first-order valence-electron chi connectivity index (χ1n) is 7.59. The van der Waals surface area contributed by atoms with Gasteiger partial charge in [-0.2, -0.15) is 0 Å². The number of hydrogen-bond donors (Lipinski definition) is 1. The van der Waals surface area contributed by atoms with Gasteiger partial charge in [-0.3, -0.25) is 0 Å². The van der Waals surface area contributed by atoms with Gasteiger partial charge >= 0.3 is 0 Å². The van der Waals surface area contributed by atoms with Crippen molar-refractivity contribution in [3.8, 4) is 0 Å². The molecule has 0 spiro atoms. The van der Waals surface area contributed by atoms with E-state index in [0.717, 1.165) is 0 Å². The van der Waals surface area contributed by atoms with Gasteiger partial charge in [-0.25, -0.2) is 0 Å². The van der Waals surface area contributed by atoms with Crippen molar-refractivity contribution in [3.05, 3.63) is 0 Å². The van der Waals surface area contributed by atoms with E-state index in [1.165, 1.54) is 20.9 Å². The summed E-state index contributed by atoms with van der Waals surface area (Å²) >= 11 is 5.48. The highest BCUT2D eigenvalue weighted by Gasteiger charge is 2.03. The van der Waals surface area contributed by atoms with E-state index in [-0.39, 0.29) is 0 Å². The fraction of sp³-hybridized carbons (Fsp3) is 1.00. The quantitative estimate of drug-likeness (QED) is 0.0269. The molecule has 45 heavy (non-hydrogen) atoms.